The quantitative estimate of drug-likeness (QED) is 0.832. The second kappa shape index (κ2) is 6.25. The van der Waals surface area contributed by atoms with Gasteiger partial charge in [-0.3, -0.25) is 0 Å². The Morgan fingerprint density at radius 3 is 2.52 bits per heavy atom. The van der Waals surface area contributed by atoms with E-state index in [4.69, 9.17) is 4.74 Å². The molecule has 1 aromatic carbocycles. The lowest BCUT2D eigenvalue weighted by Crippen LogP contribution is -2.35. The van der Waals surface area contributed by atoms with E-state index in [-0.39, 0.29) is 6.54 Å². The van der Waals surface area contributed by atoms with Gasteiger partial charge in [0.2, 0.25) is 0 Å². The van der Waals surface area contributed by atoms with Gasteiger partial charge >= 0.3 is 0 Å². The summed E-state index contributed by atoms with van der Waals surface area (Å²) in [4.78, 5) is 7.25. The topological polar surface area (TPSA) is 87.3 Å². The van der Waals surface area contributed by atoms with Gasteiger partial charge in [0.05, 0.1) is 25.5 Å². The van der Waals surface area contributed by atoms with Crippen LogP contribution in [-0.4, -0.2) is 43.9 Å². The molecule has 1 aromatic heterocycles. The van der Waals surface area contributed by atoms with Crippen molar-refractivity contribution in [1.82, 2.24) is 19.0 Å². The lowest BCUT2D eigenvalue weighted by molar-refractivity contribution is 0.415. The summed E-state index contributed by atoms with van der Waals surface area (Å²) in [5, 5.41) is 0. The summed E-state index contributed by atoms with van der Waals surface area (Å²) in [5.74, 6) is 1.32. The molecule has 0 bridgehead atoms. The highest BCUT2D eigenvalue weighted by Crippen LogP contribution is 2.20. The molecule has 0 atom stereocenters. The van der Waals surface area contributed by atoms with Gasteiger partial charge in [-0.25, -0.2) is 4.98 Å². The summed E-state index contributed by atoms with van der Waals surface area (Å²) in [6, 6.07) is 7.51. The van der Waals surface area contributed by atoms with E-state index in [1.54, 1.807) is 13.3 Å². The zero-order valence-electron chi connectivity index (χ0n) is 12.1. The average molecular weight is 310 g/mol. The Kier molecular flexibility index (Phi) is 4.61. The summed E-state index contributed by atoms with van der Waals surface area (Å²) in [6.07, 6.45) is 1.67. The van der Waals surface area contributed by atoms with Gasteiger partial charge < -0.3 is 9.72 Å². The van der Waals surface area contributed by atoms with Gasteiger partial charge in [0, 0.05) is 14.1 Å². The summed E-state index contributed by atoms with van der Waals surface area (Å²) < 4.78 is 31.9. The van der Waals surface area contributed by atoms with Gasteiger partial charge in [-0.15, -0.1) is 0 Å². The van der Waals surface area contributed by atoms with Crippen molar-refractivity contribution < 1.29 is 13.2 Å². The molecule has 2 N–H and O–H groups in total. The monoisotopic (exact) mass is 310 g/mol. The summed E-state index contributed by atoms with van der Waals surface area (Å²) >= 11 is 0. The Hall–Kier alpha value is -1.90. The average Bonchev–Trinajstić information content (AvgIpc) is 2.94. The van der Waals surface area contributed by atoms with Crippen molar-refractivity contribution in [3.63, 3.8) is 0 Å². The minimum Gasteiger partial charge on any atom is -0.497 e. The standard InChI is InChI=1S/C13H18N4O3S/c1-17(2)21(18,19)15-9-13-14-8-12(16-13)10-4-6-11(20-3)7-5-10/h4-8,15H,9H2,1-3H3,(H,14,16). The Morgan fingerprint density at radius 2 is 1.95 bits per heavy atom. The molecule has 2 rings (SSSR count). The lowest BCUT2D eigenvalue weighted by Gasteiger charge is -2.11. The predicted octanol–water partition coefficient (Wildman–Crippen LogP) is 0.981. The fourth-order valence-corrected chi connectivity index (χ4v) is 2.24. The first kappa shape index (κ1) is 15.5. The van der Waals surface area contributed by atoms with E-state index in [2.05, 4.69) is 14.7 Å². The number of imidazole rings is 1. The Labute approximate surface area is 124 Å². The third-order valence-corrected chi connectivity index (χ3v) is 4.40. The number of aromatic amines is 1. The van der Waals surface area contributed by atoms with Crippen LogP contribution in [0, 0.1) is 0 Å². The molecular formula is C13H18N4O3S. The molecule has 0 amide bonds. The first-order valence-corrected chi connectivity index (χ1v) is 7.72. The fourth-order valence-electron chi connectivity index (χ4n) is 1.66. The lowest BCUT2D eigenvalue weighted by atomic mass is 10.2. The molecule has 1 heterocycles. The number of nitrogens with one attached hydrogen (secondary N) is 2. The van der Waals surface area contributed by atoms with E-state index in [1.807, 2.05) is 24.3 Å². The molecule has 0 spiro atoms. The van der Waals surface area contributed by atoms with Crippen LogP contribution >= 0.6 is 0 Å². The second-order valence-corrected chi connectivity index (χ2v) is 6.55. The van der Waals surface area contributed by atoms with E-state index in [1.165, 1.54) is 14.1 Å². The van der Waals surface area contributed by atoms with Crippen LogP contribution in [0.1, 0.15) is 5.82 Å². The number of ether oxygens (including phenoxy) is 1. The van der Waals surface area contributed by atoms with Crippen LogP contribution in [0.3, 0.4) is 0 Å². The highest BCUT2D eigenvalue weighted by atomic mass is 32.2. The zero-order chi connectivity index (χ0) is 15.5. The molecule has 0 saturated heterocycles. The van der Waals surface area contributed by atoms with Gasteiger partial charge in [-0.05, 0) is 29.8 Å². The number of aromatic nitrogens is 2. The molecule has 8 heteroatoms. The molecule has 0 aliphatic carbocycles. The summed E-state index contributed by atoms with van der Waals surface area (Å²) in [6.45, 7) is 0.108. The van der Waals surface area contributed by atoms with Gasteiger partial charge in [-0.1, -0.05) is 0 Å². The highest BCUT2D eigenvalue weighted by molar-refractivity contribution is 7.87. The van der Waals surface area contributed by atoms with E-state index >= 15 is 0 Å². The highest BCUT2D eigenvalue weighted by Gasteiger charge is 2.13. The molecule has 0 aliphatic heterocycles. The van der Waals surface area contributed by atoms with Crippen molar-refractivity contribution in [2.75, 3.05) is 21.2 Å². The van der Waals surface area contributed by atoms with Crippen LogP contribution in [0.4, 0.5) is 0 Å². The Bertz CT molecular complexity index is 692. The fraction of sp³-hybridized carbons (Fsp3) is 0.308. The Balaban J connectivity index is 2.07. The van der Waals surface area contributed by atoms with Gasteiger partial charge in [-0.2, -0.15) is 17.4 Å². The second-order valence-electron chi connectivity index (χ2n) is 4.58. The molecule has 7 nitrogen and oxygen atoms in total. The van der Waals surface area contributed by atoms with Crippen molar-refractivity contribution in [2.45, 2.75) is 6.54 Å². The Morgan fingerprint density at radius 1 is 1.29 bits per heavy atom. The maximum atomic E-state index is 11.6. The number of H-pyrrole nitrogens is 1. The van der Waals surface area contributed by atoms with Crippen molar-refractivity contribution in [2.24, 2.45) is 0 Å². The molecule has 0 radical (unpaired) electrons. The van der Waals surface area contributed by atoms with Crippen LogP contribution in [-0.2, 0) is 16.8 Å². The van der Waals surface area contributed by atoms with Crippen LogP contribution < -0.4 is 9.46 Å². The zero-order valence-corrected chi connectivity index (χ0v) is 12.9. The van der Waals surface area contributed by atoms with E-state index in [0.29, 0.717) is 5.82 Å². The van der Waals surface area contributed by atoms with Gasteiger partial charge in [0.1, 0.15) is 11.6 Å². The minimum atomic E-state index is -3.45. The number of hydrogen-bond donors (Lipinski definition) is 2. The van der Waals surface area contributed by atoms with Crippen molar-refractivity contribution in [3.05, 3.63) is 36.3 Å². The van der Waals surface area contributed by atoms with Gasteiger partial charge in [0.25, 0.3) is 10.2 Å². The number of nitrogens with zero attached hydrogens (tertiary/aromatic N) is 2. The molecule has 21 heavy (non-hydrogen) atoms. The van der Waals surface area contributed by atoms with Crippen molar-refractivity contribution >= 4 is 10.2 Å². The minimum absolute atomic E-state index is 0.108. The van der Waals surface area contributed by atoms with Crippen molar-refractivity contribution in [3.8, 4) is 17.0 Å². The third-order valence-electron chi connectivity index (χ3n) is 2.93. The molecule has 2 aromatic rings. The molecule has 0 saturated carbocycles. The molecule has 0 aliphatic rings. The smallest absolute Gasteiger partial charge is 0.279 e. The van der Waals surface area contributed by atoms with Crippen LogP contribution in [0.15, 0.2) is 30.5 Å². The third kappa shape index (κ3) is 3.81. The molecule has 0 fully saturated rings. The first-order chi connectivity index (χ1) is 9.92. The van der Waals surface area contributed by atoms with Crippen LogP contribution in [0.25, 0.3) is 11.3 Å². The molecular weight excluding hydrogens is 292 g/mol. The summed E-state index contributed by atoms with van der Waals surface area (Å²) in [5.41, 5.74) is 1.77. The summed E-state index contributed by atoms with van der Waals surface area (Å²) in [7, 11) is 1.09. The SMILES string of the molecule is COc1ccc(-c2cnc(CNS(=O)(=O)N(C)C)[nH]2)cc1. The molecule has 114 valence electrons. The van der Waals surface area contributed by atoms with Crippen molar-refractivity contribution in [1.29, 1.82) is 0 Å². The largest absolute Gasteiger partial charge is 0.497 e. The predicted molar refractivity (Wildman–Crippen MR) is 80.0 cm³/mol. The maximum absolute atomic E-state index is 11.6. The first-order valence-electron chi connectivity index (χ1n) is 6.28. The van der Waals surface area contributed by atoms with E-state index < -0.39 is 10.2 Å². The number of rotatable bonds is 6. The normalized spacial score (nSPS) is 11.8. The molecule has 0 unspecified atom stereocenters. The van der Waals surface area contributed by atoms with E-state index in [9.17, 15) is 8.42 Å². The van der Waals surface area contributed by atoms with Crippen LogP contribution in [0.2, 0.25) is 0 Å². The maximum Gasteiger partial charge on any atom is 0.279 e. The number of methoxy groups -OCH3 is 1. The van der Waals surface area contributed by atoms with Gasteiger partial charge in [0.15, 0.2) is 0 Å². The number of hydrogen-bond acceptors (Lipinski definition) is 4. The van der Waals surface area contributed by atoms with E-state index in [0.717, 1.165) is 21.3 Å². The number of benzene rings is 1. The van der Waals surface area contributed by atoms with Crippen LogP contribution in [0.5, 0.6) is 5.75 Å².